The lowest BCUT2D eigenvalue weighted by Crippen LogP contribution is -2.38. The Morgan fingerprint density at radius 2 is 2.18 bits per heavy atom. The number of aromatic nitrogens is 4. The number of nitrogens with zero attached hydrogens (tertiary/aromatic N) is 5. The van der Waals surface area contributed by atoms with Crippen molar-refractivity contribution in [1.29, 1.82) is 0 Å². The molecule has 0 saturated carbocycles. The van der Waals surface area contributed by atoms with E-state index in [0.717, 1.165) is 23.6 Å². The molecule has 0 spiro atoms. The van der Waals surface area contributed by atoms with Gasteiger partial charge in [-0.2, -0.15) is 5.10 Å². The second kappa shape index (κ2) is 4.84. The van der Waals surface area contributed by atoms with Crippen molar-refractivity contribution in [3.8, 4) is 0 Å². The monoisotopic (exact) mass is 315 g/mol. The van der Waals surface area contributed by atoms with Gasteiger partial charge in [-0.25, -0.2) is 9.50 Å². The van der Waals surface area contributed by atoms with Gasteiger partial charge in [0.05, 0.1) is 17.1 Å². The second-order valence-corrected chi connectivity index (χ2v) is 5.88. The summed E-state index contributed by atoms with van der Waals surface area (Å²) in [6.07, 6.45) is 3.54. The van der Waals surface area contributed by atoms with E-state index in [4.69, 9.17) is 11.6 Å². The highest BCUT2D eigenvalue weighted by molar-refractivity contribution is 6.30. The number of hydrogen-bond acceptors (Lipinski definition) is 3. The van der Waals surface area contributed by atoms with Crippen molar-refractivity contribution in [2.45, 2.75) is 20.0 Å². The molecule has 0 N–H and O–H groups in total. The van der Waals surface area contributed by atoms with Gasteiger partial charge >= 0.3 is 0 Å². The molecule has 0 unspecified atom stereocenters. The SMILES string of the molecule is Cc1cnc2n1CCN(C(=O)c1cc3ccc(Cl)cn3n1)C2. The topological polar surface area (TPSA) is 55.4 Å². The zero-order valence-electron chi connectivity index (χ0n) is 12.0. The third-order valence-corrected chi connectivity index (χ3v) is 4.22. The fourth-order valence-corrected chi connectivity index (χ4v) is 2.97. The molecule has 3 aromatic heterocycles. The minimum atomic E-state index is -0.0771. The van der Waals surface area contributed by atoms with Gasteiger partial charge in [-0.1, -0.05) is 11.6 Å². The van der Waals surface area contributed by atoms with Crippen molar-refractivity contribution < 1.29 is 4.79 Å². The average Bonchev–Trinajstić information content (AvgIpc) is 3.09. The van der Waals surface area contributed by atoms with E-state index in [9.17, 15) is 4.79 Å². The predicted octanol–water partition coefficient (Wildman–Crippen LogP) is 2.15. The average molecular weight is 316 g/mol. The first-order valence-electron chi connectivity index (χ1n) is 7.07. The van der Waals surface area contributed by atoms with Crippen LogP contribution in [0.3, 0.4) is 0 Å². The summed E-state index contributed by atoms with van der Waals surface area (Å²) in [6, 6.07) is 5.41. The van der Waals surface area contributed by atoms with Crippen LogP contribution in [0.1, 0.15) is 22.0 Å². The molecule has 112 valence electrons. The van der Waals surface area contributed by atoms with Crippen LogP contribution in [0.5, 0.6) is 0 Å². The lowest BCUT2D eigenvalue weighted by Gasteiger charge is -2.27. The van der Waals surface area contributed by atoms with Crippen molar-refractivity contribution in [3.05, 3.63) is 52.8 Å². The molecule has 0 aliphatic carbocycles. The fourth-order valence-electron chi connectivity index (χ4n) is 2.81. The molecule has 0 radical (unpaired) electrons. The van der Waals surface area contributed by atoms with Crippen molar-refractivity contribution >= 4 is 23.0 Å². The van der Waals surface area contributed by atoms with Crippen molar-refractivity contribution in [1.82, 2.24) is 24.1 Å². The zero-order valence-corrected chi connectivity index (χ0v) is 12.8. The predicted molar refractivity (Wildman–Crippen MR) is 81.9 cm³/mol. The van der Waals surface area contributed by atoms with Crippen LogP contribution >= 0.6 is 11.6 Å². The Morgan fingerprint density at radius 1 is 1.32 bits per heavy atom. The molecular weight excluding hydrogens is 302 g/mol. The first kappa shape index (κ1) is 13.3. The molecule has 0 aromatic carbocycles. The normalized spacial score (nSPS) is 14.4. The molecule has 1 aliphatic heterocycles. The summed E-state index contributed by atoms with van der Waals surface area (Å²) in [4.78, 5) is 18.8. The van der Waals surface area contributed by atoms with Gasteiger partial charge in [0.15, 0.2) is 5.69 Å². The maximum Gasteiger partial charge on any atom is 0.274 e. The molecule has 0 atom stereocenters. The van der Waals surface area contributed by atoms with Crippen LogP contribution in [0, 0.1) is 6.92 Å². The van der Waals surface area contributed by atoms with E-state index in [1.165, 1.54) is 0 Å². The number of halogens is 1. The molecule has 1 amide bonds. The Kier molecular flexibility index (Phi) is 2.94. The Balaban J connectivity index is 1.63. The molecule has 3 aromatic rings. The lowest BCUT2D eigenvalue weighted by molar-refractivity contribution is 0.0700. The van der Waals surface area contributed by atoms with Crippen LogP contribution in [0.2, 0.25) is 5.02 Å². The highest BCUT2D eigenvalue weighted by atomic mass is 35.5. The molecule has 1 aliphatic rings. The number of hydrogen-bond donors (Lipinski definition) is 0. The van der Waals surface area contributed by atoms with E-state index in [0.29, 0.717) is 23.8 Å². The largest absolute Gasteiger partial charge is 0.329 e. The molecular formula is C15H14ClN5O. The highest BCUT2D eigenvalue weighted by Crippen LogP contribution is 2.18. The third-order valence-electron chi connectivity index (χ3n) is 3.99. The summed E-state index contributed by atoms with van der Waals surface area (Å²) in [7, 11) is 0. The minimum absolute atomic E-state index is 0.0771. The Labute approximate surface area is 131 Å². The van der Waals surface area contributed by atoms with E-state index >= 15 is 0 Å². The quantitative estimate of drug-likeness (QED) is 0.691. The molecule has 0 bridgehead atoms. The van der Waals surface area contributed by atoms with Crippen LogP contribution in [0.4, 0.5) is 0 Å². The first-order valence-corrected chi connectivity index (χ1v) is 7.45. The first-order chi connectivity index (χ1) is 10.6. The lowest BCUT2D eigenvalue weighted by atomic mass is 10.3. The summed E-state index contributed by atoms with van der Waals surface area (Å²) in [5, 5.41) is 4.91. The fraction of sp³-hybridized carbons (Fsp3) is 0.267. The van der Waals surface area contributed by atoms with Crippen LogP contribution < -0.4 is 0 Å². The molecule has 0 fully saturated rings. The van der Waals surface area contributed by atoms with E-state index in [-0.39, 0.29) is 5.91 Å². The summed E-state index contributed by atoms with van der Waals surface area (Å²) in [5.74, 6) is 0.843. The Hall–Kier alpha value is -2.34. The van der Waals surface area contributed by atoms with Crippen LogP contribution in [0.25, 0.3) is 5.52 Å². The molecule has 7 heteroatoms. The second-order valence-electron chi connectivity index (χ2n) is 5.44. The molecule has 6 nitrogen and oxygen atoms in total. The van der Waals surface area contributed by atoms with Crippen LogP contribution in [-0.4, -0.2) is 36.5 Å². The van der Waals surface area contributed by atoms with Gasteiger partial charge in [-0.05, 0) is 25.1 Å². The summed E-state index contributed by atoms with van der Waals surface area (Å²) in [6.45, 7) is 3.98. The molecule has 4 heterocycles. The summed E-state index contributed by atoms with van der Waals surface area (Å²) in [5.41, 5.74) is 2.41. The Bertz CT molecular complexity index is 881. The van der Waals surface area contributed by atoms with Crippen molar-refractivity contribution in [2.24, 2.45) is 0 Å². The number of aryl methyl sites for hydroxylation is 1. The number of imidazole rings is 1. The van der Waals surface area contributed by atoms with Gasteiger partial charge in [0, 0.05) is 31.2 Å². The van der Waals surface area contributed by atoms with E-state index < -0.39 is 0 Å². The minimum Gasteiger partial charge on any atom is -0.329 e. The number of carbonyl (C=O) groups excluding carboxylic acids is 1. The standard InChI is InChI=1S/C15H14ClN5O/c1-10-7-17-14-9-19(4-5-20(10)14)15(22)13-6-12-3-2-11(16)8-21(12)18-13/h2-3,6-8H,4-5,9H2,1H3. The Morgan fingerprint density at radius 3 is 3.05 bits per heavy atom. The highest BCUT2D eigenvalue weighted by Gasteiger charge is 2.25. The van der Waals surface area contributed by atoms with Gasteiger partial charge in [-0.15, -0.1) is 0 Å². The van der Waals surface area contributed by atoms with E-state index in [1.54, 1.807) is 27.7 Å². The number of amides is 1. The summed E-state index contributed by atoms with van der Waals surface area (Å²) >= 11 is 5.95. The summed E-state index contributed by atoms with van der Waals surface area (Å²) < 4.78 is 3.78. The smallest absolute Gasteiger partial charge is 0.274 e. The maximum absolute atomic E-state index is 12.7. The zero-order chi connectivity index (χ0) is 15.3. The molecule has 0 saturated heterocycles. The van der Waals surface area contributed by atoms with Gasteiger partial charge in [0.1, 0.15) is 5.82 Å². The van der Waals surface area contributed by atoms with E-state index in [1.807, 2.05) is 19.2 Å². The van der Waals surface area contributed by atoms with Gasteiger partial charge in [0.25, 0.3) is 5.91 Å². The number of rotatable bonds is 1. The van der Waals surface area contributed by atoms with Crippen LogP contribution in [0.15, 0.2) is 30.6 Å². The molecule has 22 heavy (non-hydrogen) atoms. The van der Waals surface area contributed by atoms with E-state index in [2.05, 4.69) is 14.6 Å². The van der Waals surface area contributed by atoms with Crippen LogP contribution in [-0.2, 0) is 13.1 Å². The number of carbonyl (C=O) groups is 1. The van der Waals surface area contributed by atoms with Gasteiger partial charge < -0.3 is 9.47 Å². The van der Waals surface area contributed by atoms with Crippen molar-refractivity contribution in [2.75, 3.05) is 6.54 Å². The maximum atomic E-state index is 12.7. The third kappa shape index (κ3) is 2.07. The van der Waals surface area contributed by atoms with Gasteiger partial charge in [-0.3, -0.25) is 4.79 Å². The van der Waals surface area contributed by atoms with Gasteiger partial charge in [0.2, 0.25) is 0 Å². The number of pyridine rings is 1. The number of fused-ring (bicyclic) bond motifs is 2. The molecule has 4 rings (SSSR count). The van der Waals surface area contributed by atoms with Crippen molar-refractivity contribution in [3.63, 3.8) is 0 Å².